The van der Waals surface area contributed by atoms with Crippen LogP contribution in [-0.2, 0) is 6.54 Å². The summed E-state index contributed by atoms with van der Waals surface area (Å²) in [4.78, 5) is 7.36. The van der Waals surface area contributed by atoms with Crippen molar-refractivity contribution in [1.29, 1.82) is 0 Å². The topological polar surface area (TPSA) is 28.2 Å². The summed E-state index contributed by atoms with van der Waals surface area (Å²) in [6.45, 7) is 5.30. The van der Waals surface area contributed by atoms with Crippen molar-refractivity contribution >= 4 is 5.82 Å². The normalized spacial score (nSPS) is 26.4. The van der Waals surface area contributed by atoms with Crippen LogP contribution >= 0.6 is 0 Å². The molecular weight excluding hydrogens is 246 g/mol. The molecule has 2 atom stereocenters. The van der Waals surface area contributed by atoms with E-state index in [9.17, 15) is 0 Å². The molecule has 1 aliphatic heterocycles. The van der Waals surface area contributed by atoms with Crippen molar-refractivity contribution in [2.24, 2.45) is 5.92 Å². The molecule has 20 heavy (non-hydrogen) atoms. The first kappa shape index (κ1) is 13.9. The summed E-state index contributed by atoms with van der Waals surface area (Å²) in [5.41, 5.74) is 1.36. The maximum Gasteiger partial charge on any atom is 0.133 e. The van der Waals surface area contributed by atoms with Gasteiger partial charge in [-0.05, 0) is 44.2 Å². The molecule has 0 spiro atoms. The number of piperidine rings is 1. The fourth-order valence-corrected chi connectivity index (χ4v) is 3.97. The van der Waals surface area contributed by atoms with Gasteiger partial charge in [0.15, 0.2) is 0 Å². The Hall–Kier alpha value is -1.09. The van der Waals surface area contributed by atoms with Crippen LogP contribution in [0.5, 0.6) is 0 Å². The molecule has 2 aliphatic rings. The van der Waals surface area contributed by atoms with Crippen molar-refractivity contribution in [2.45, 2.75) is 58.0 Å². The van der Waals surface area contributed by atoms with Gasteiger partial charge in [-0.1, -0.05) is 25.8 Å². The third-order valence-electron chi connectivity index (χ3n) is 4.95. The minimum atomic E-state index is 0.743. The first-order valence-electron chi connectivity index (χ1n) is 8.31. The van der Waals surface area contributed by atoms with Gasteiger partial charge in [-0.25, -0.2) is 4.98 Å². The number of rotatable bonds is 4. The average molecular weight is 273 g/mol. The van der Waals surface area contributed by atoms with Gasteiger partial charge in [-0.2, -0.15) is 0 Å². The van der Waals surface area contributed by atoms with E-state index in [0.29, 0.717) is 0 Å². The second kappa shape index (κ2) is 6.57. The average Bonchev–Trinajstić information content (AvgIpc) is 2.53. The van der Waals surface area contributed by atoms with Gasteiger partial charge >= 0.3 is 0 Å². The Morgan fingerprint density at radius 1 is 1.25 bits per heavy atom. The van der Waals surface area contributed by atoms with E-state index in [1.54, 1.807) is 0 Å². The van der Waals surface area contributed by atoms with E-state index in [1.807, 2.05) is 6.20 Å². The molecule has 110 valence electrons. The Bertz CT molecular complexity index is 430. The molecule has 2 unspecified atom stereocenters. The van der Waals surface area contributed by atoms with Gasteiger partial charge < -0.3 is 10.2 Å². The Labute approximate surface area is 122 Å². The van der Waals surface area contributed by atoms with Crippen LogP contribution in [0.2, 0.25) is 0 Å². The minimum absolute atomic E-state index is 0.743. The number of hydrogen-bond donors (Lipinski definition) is 1. The lowest BCUT2D eigenvalue weighted by atomic mass is 9.78. The molecule has 0 aromatic carbocycles. The van der Waals surface area contributed by atoms with E-state index in [-0.39, 0.29) is 0 Å². The Kier molecular flexibility index (Phi) is 4.56. The third-order valence-corrected chi connectivity index (χ3v) is 4.95. The molecule has 1 aromatic heterocycles. The summed E-state index contributed by atoms with van der Waals surface area (Å²) in [6.07, 6.45) is 10.3. The summed E-state index contributed by atoms with van der Waals surface area (Å²) in [7, 11) is 0. The molecule has 0 bridgehead atoms. The summed E-state index contributed by atoms with van der Waals surface area (Å²) >= 11 is 0. The van der Waals surface area contributed by atoms with Gasteiger partial charge in [0.1, 0.15) is 5.82 Å². The minimum Gasteiger partial charge on any atom is -0.353 e. The number of nitrogens with zero attached hydrogens (tertiary/aromatic N) is 2. The van der Waals surface area contributed by atoms with Crippen LogP contribution in [-0.4, -0.2) is 24.1 Å². The monoisotopic (exact) mass is 273 g/mol. The van der Waals surface area contributed by atoms with Gasteiger partial charge in [0, 0.05) is 30.9 Å². The van der Waals surface area contributed by atoms with Crippen molar-refractivity contribution < 1.29 is 0 Å². The van der Waals surface area contributed by atoms with Crippen LogP contribution in [0.25, 0.3) is 0 Å². The number of hydrogen-bond acceptors (Lipinski definition) is 3. The molecule has 0 amide bonds. The molecule has 3 rings (SSSR count). The summed E-state index contributed by atoms with van der Waals surface area (Å²) in [5, 5.41) is 3.45. The molecule has 1 N–H and O–H groups in total. The van der Waals surface area contributed by atoms with Gasteiger partial charge in [0.25, 0.3) is 0 Å². The molecular formula is C17H27N3. The number of pyridine rings is 1. The molecule has 1 saturated carbocycles. The predicted octanol–water partition coefficient (Wildman–Crippen LogP) is 3.35. The molecule has 2 fully saturated rings. The van der Waals surface area contributed by atoms with Crippen LogP contribution in [0.15, 0.2) is 18.3 Å². The zero-order chi connectivity index (χ0) is 13.8. The maximum atomic E-state index is 4.73. The number of anilines is 1. The lowest BCUT2D eigenvalue weighted by Crippen LogP contribution is -2.47. The zero-order valence-corrected chi connectivity index (χ0v) is 12.6. The van der Waals surface area contributed by atoms with Crippen LogP contribution in [0, 0.1) is 5.92 Å². The Morgan fingerprint density at radius 2 is 2.10 bits per heavy atom. The highest BCUT2D eigenvalue weighted by Gasteiger charge is 2.34. The maximum absolute atomic E-state index is 4.73. The van der Waals surface area contributed by atoms with E-state index in [4.69, 9.17) is 4.98 Å². The quantitative estimate of drug-likeness (QED) is 0.912. The van der Waals surface area contributed by atoms with E-state index in [2.05, 4.69) is 29.3 Å². The van der Waals surface area contributed by atoms with E-state index < -0.39 is 0 Å². The van der Waals surface area contributed by atoms with Crippen molar-refractivity contribution in [3.63, 3.8) is 0 Å². The fraction of sp³-hybridized carbons (Fsp3) is 0.706. The SMILES string of the molecule is CCNCc1cccnc1N1CCCC2CCCCC21. The van der Waals surface area contributed by atoms with Gasteiger partial charge in [0.2, 0.25) is 0 Å². The highest BCUT2D eigenvalue weighted by molar-refractivity contribution is 5.48. The van der Waals surface area contributed by atoms with E-state index in [0.717, 1.165) is 25.0 Å². The van der Waals surface area contributed by atoms with Gasteiger partial charge in [-0.15, -0.1) is 0 Å². The second-order valence-corrected chi connectivity index (χ2v) is 6.21. The standard InChI is InChI=1S/C17H27N3/c1-2-18-13-15-8-5-11-19-17(15)20-12-6-9-14-7-3-4-10-16(14)20/h5,8,11,14,16,18H,2-4,6-7,9-10,12-13H2,1H3. The number of nitrogens with one attached hydrogen (secondary N) is 1. The highest BCUT2D eigenvalue weighted by atomic mass is 15.2. The molecule has 1 aromatic rings. The van der Waals surface area contributed by atoms with Crippen LogP contribution in [0.3, 0.4) is 0 Å². The lowest BCUT2D eigenvalue weighted by molar-refractivity contribution is 0.242. The molecule has 3 heteroatoms. The molecule has 2 heterocycles. The third kappa shape index (κ3) is 2.83. The Morgan fingerprint density at radius 3 is 3.00 bits per heavy atom. The lowest BCUT2D eigenvalue weighted by Gasteiger charge is -2.45. The summed E-state index contributed by atoms with van der Waals surface area (Å²) < 4.78 is 0. The molecule has 1 aliphatic carbocycles. The largest absolute Gasteiger partial charge is 0.353 e. The van der Waals surface area contributed by atoms with Crippen LogP contribution in [0.1, 0.15) is 51.0 Å². The van der Waals surface area contributed by atoms with Crippen molar-refractivity contribution in [3.05, 3.63) is 23.9 Å². The zero-order valence-electron chi connectivity index (χ0n) is 12.6. The summed E-state index contributed by atoms with van der Waals surface area (Å²) in [6, 6.07) is 5.04. The van der Waals surface area contributed by atoms with Crippen LogP contribution < -0.4 is 10.2 Å². The Balaban J connectivity index is 1.83. The highest BCUT2D eigenvalue weighted by Crippen LogP contribution is 2.37. The molecule has 3 nitrogen and oxygen atoms in total. The van der Waals surface area contributed by atoms with Crippen LogP contribution in [0.4, 0.5) is 5.82 Å². The van der Waals surface area contributed by atoms with Crippen molar-refractivity contribution in [3.8, 4) is 0 Å². The molecule has 1 saturated heterocycles. The van der Waals surface area contributed by atoms with Gasteiger partial charge in [-0.3, -0.25) is 0 Å². The predicted molar refractivity (Wildman–Crippen MR) is 83.9 cm³/mol. The smallest absolute Gasteiger partial charge is 0.133 e. The number of aromatic nitrogens is 1. The second-order valence-electron chi connectivity index (χ2n) is 6.21. The molecule has 0 radical (unpaired) electrons. The van der Waals surface area contributed by atoms with Gasteiger partial charge in [0.05, 0.1) is 0 Å². The van der Waals surface area contributed by atoms with Crippen molar-refractivity contribution in [1.82, 2.24) is 10.3 Å². The fourth-order valence-electron chi connectivity index (χ4n) is 3.97. The van der Waals surface area contributed by atoms with E-state index in [1.165, 1.54) is 56.5 Å². The van der Waals surface area contributed by atoms with E-state index >= 15 is 0 Å². The number of fused-ring (bicyclic) bond motifs is 1. The first-order valence-corrected chi connectivity index (χ1v) is 8.31. The van der Waals surface area contributed by atoms with Crippen molar-refractivity contribution in [2.75, 3.05) is 18.0 Å². The summed E-state index contributed by atoms with van der Waals surface area (Å²) in [5.74, 6) is 2.15. The first-order chi connectivity index (χ1) is 9.90.